The van der Waals surface area contributed by atoms with E-state index < -0.39 is 23.4 Å². The van der Waals surface area contributed by atoms with E-state index in [0.717, 1.165) is 0 Å². The van der Waals surface area contributed by atoms with Gasteiger partial charge in [0.05, 0.1) is 17.1 Å². The third kappa shape index (κ3) is 7.88. The van der Waals surface area contributed by atoms with Gasteiger partial charge >= 0.3 is 17.6 Å². The summed E-state index contributed by atoms with van der Waals surface area (Å²) in [7, 11) is 0. The normalized spacial score (nSPS) is 10.2. The van der Waals surface area contributed by atoms with Gasteiger partial charge in [-0.2, -0.15) is 0 Å². The smallest absolute Gasteiger partial charge is 0.338 e. The number of carbonyl (C=O) groups is 3. The molecule has 0 unspecified atom stereocenters. The molecule has 0 aliphatic rings. The van der Waals surface area contributed by atoms with Crippen molar-refractivity contribution >= 4 is 35.1 Å². The van der Waals surface area contributed by atoms with Crippen LogP contribution in [0.25, 0.3) is 0 Å². The predicted molar refractivity (Wildman–Crippen MR) is 114 cm³/mol. The van der Waals surface area contributed by atoms with E-state index in [4.69, 9.17) is 25.8 Å². The zero-order chi connectivity index (χ0) is 23.5. The lowest BCUT2D eigenvalue weighted by molar-refractivity contribution is -0.385. The minimum absolute atomic E-state index is 0.00523. The molecule has 1 N–H and O–H groups in total. The minimum Gasteiger partial charge on any atom is -0.466 e. The Bertz CT molecular complexity index is 978. The molecule has 2 rings (SSSR count). The van der Waals surface area contributed by atoms with Gasteiger partial charge in [0.15, 0.2) is 6.61 Å². The quantitative estimate of drug-likeness (QED) is 0.230. The van der Waals surface area contributed by atoms with E-state index in [2.05, 4.69) is 5.32 Å². The van der Waals surface area contributed by atoms with Gasteiger partial charge in [-0.25, -0.2) is 4.79 Å². The molecule has 0 aliphatic carbocycles. The summed E-state index contributed by atoms with van der Waals surface area (Å²) in [5.74, 6) is -1.32. The second kappa shape index (κ2) is 12.3. The van der Waals surface area contributed by atoms with E-state index in [1.807, 2.05) is 0 Å². The van der Waals surface area contributed by atoms with Crippen LogP contribution in [-0.2, 0) is 19.1 Å². The SMILES string of the molecule is CCOC(=O)CCCNC(=O)COC(=O)c1ccc(Oc2ccc(Cl)cc2[N+](=O)[O-])cc1. The standard InChI is InChI=1S/C21H21ClN2O8/c1-2-30-20(26)4-3-11-23-19(25)13-31-21(27)14-5-8-16(9-6-14)32-18-10-7-15(22)12-17(18)24(28)29/h5-10,12H,2-4,11,13H2,1H3,(H,23,25). The Labute approximate surface area is 188 Å². The van der Waals surface area contributed by atoms with Gasteiger partial charge in [-0.1, -0.05) is 11.6 Å². The first kappa shape index (κ1) is 24.6. The number of benzene rings is 2. The number of halogens is 1. The maximum atomic E-state index is 12.1. The number of nitrogens with zero attached hydrogens (tertiary/aromatic N) is 1. The molecule has 0 aliphatic heterocycles. The first-order valence-electron chi connectivity index (χ1n) is 9.61. The van der Waals surface area contributed by atoms with E-state index >= 15 is 0 Å². The molecule has 0 aromatic heterocycles. The fourth-order valence-electron chi connectivity index (χ4n) is 2.46. The fraction of sp³-hybridized carbons (Fsp3) is 0.286. The van der Waals surface area contributed by atoms with Crippen LogP contribution >= 0.6 is 11.6 Å². The van der Waals surface area contributed by atoms with Gasteiger partial charge in [0.2, 0.25) is 5.75 Å². The lowest BCUT2D eigenvalue weighted by Crippen LogP contribution is -2.30. The van der Waals surface area contributed by atoms with Crippen LogP contribution in [0, 0.1) is 10.1 Å². The summed E-state index contributed by atoms with van der Waals surface area (Å²) in [6.07, 6.45) is 0.591. The number of amides is 1. The van der Waals surface area contributed by atoms with E-state index in [1.165, 1.54) is 42.5 Å². The van der Waals surface area contributed by atoms with Crippen molar-refractivity contribution in [2.45, 2.75) is 19.8 Å². The Morgan fingerprint density at radius 2 is 1.81 bits per heavy atom. The summed E-state index contributed by atoms with van der Waals surface area (Å²) in [6.45, 7) is 1.78. The van der Waals surface area contributed by atoms with Crippen molar-refractivity contribution in [3.63, 3.8) is 0 Å². The molecule has 0 saturated carbocycles. The Morgan fingerprint density at radius 3 is 2.47 bits per heavy atom. The molecule has 0 atom stereocenters. The largest absolute Gasteiger partial charge is 0.466 e. The number of hydrogen-bond acceptors (Lipinski definition) is 8. The summed E-state index contributed by atoms with van der Waals surface area (Å²) < 4.78 is 15.2. The summed E-state index contributed by atoms with van der Waals surface area (Å²) in [5.41, 5.74) is -0.132. The van der Waals surface area contributed by atoms with Gasteiger partial charge in [0, 0.05) is 24.1 Å². The van der Waals surface area contributed by atoms with Crippen LogP contribution in [0.4, 0.5) is 5.69 Å². The van der Waals surface area contributed by atoms with E-state index in [0.29, 0.717) is 13.0 Å². The Balaban J connectivity index is 1.82. The van der Waals surface area contributed by atoms with Crippen molar-refractivity contribution in [2.75, 3.05) is 19.8 Å². The molecule has 11 heteroatoms. The first-order chi connectivity index (χ1) is 15.3. The van der Waals surface area contributed by atoms with Gasteiger partial charge in [-0.05, 0) is 49.7 Å². The van der Waals surface area contributed by atoms with E-state index in [1.54, 1.807) is 6.92 Å². The highest BCUT2D eigenvalue weighted by Gasteiger charge is 2.17. The van der Waals surface area contributed by atoms with Crippen molar-refractivity contribution < 1.29 is 33.5 Å². The van der Waals surface area contributed by atoms with Crippen LogP contribution in [0.2, 0.25) is 5.02 Å². The summed E-state index contributed by atoms with van der Waals surface area (Å²) >= 11 is 5.77. The number of nitro groups is 1. The van der Waals surface area contributed by atoms with Crippen molar-refractivity contribution in [3.05, 3.63) is 63.2 Å². The number of carbonyl (C=O) groups excluding carboxylic acids is 3. The highest BCUT2D eigenvalue weighted by Crippen LogP contribution is 2.33. The summed E-state index contributed by atoms with van der Waals surface area (Å²) in [6, 6.07) is 9.66. The molecule has 0 fully saturated rings. The second-order valence-electron chi connectivity index (χ2n) is 6.33. The Hall–Kier alpha value is -3.66. The molecule has 0 spiro atoms. The fourth-order valence-corrected chi connectivity index (χ4v) is 2.63. The molecule has 1 amide bonds. The lowest BCUT2D eigenvalue weighted by Gasteiger charge is -2.08. The third-order valence-electron chi connectivity index (χ3n) is 3.96. The van der Waals surface area contributed by atoms with Gasteiger partial charge in [0.25, 0.3) is 5.91 Å². The van der Waals surface area contributed by atoms with Crippen LogP contribution in [0.5, 0.6) is 11.5 Å². The van der Waals surface area contributed by atoms with E-state index in [-0.39, 0.29) is 46.7 Å². The molecule has 0 saturated heterocycles. The molecule has 170 valence electrons. The van der Waals surface area contributed by atoms with Crippen LogP contribution in [0.15, 0.2) is 42.5 Å². The average Bonchev–Trinajstić information content (AvgIpc) is 2.77. The molecule has 10 nitrogen and oxygen atoms in total. The second-order valence-corrected chi connectivity index (χ2v) is 6.77. The van der Waals surface area contributed by atoms with Crippen LogP contribution < -0.4 is 10.1 Å². The van der Waals surface area contributed by atoms with Gasteiger partial charge in [-0.3, -0.25) is 19.7 Å². The Kier molecular flexibility index (Phi) is 9.43. The zero-order valence-corrected chi connectivity index (χ0v) is 17.9. The summed E-state index contributed by atoms with van der Waals surface area (Å²) in [4.78, 5) is 45.5. The minimum atomic E-state index is -0.726. The van der Waals surface area contributed by atoms with Crippen LogP contribution in [0.3, 0.4) is 0 Å². The van der Waals surface area contributed by atoms with Crippen molar-refractivity contribution in [1.29, 1.82) is 0 Å². The van der Waals surface area contributed by atoms with Crippen LogP contribution in [0.1, 0.15) is 30.1 Å². The van der Waals surface area contributed by atoms with Crippen molar-refractivity contribution in [2.24, 2.45) is 0 Å². The molecule has 0 heterocycles. The highest BCUT2D eigenvalue weighted by molar-refractivity contribution is 6.30. The first-order valence-corrected chi connectivity index (χ1v) is 9.99. The van der Waals surface area contributed by atoms with Crippen LogP contribution in [-0.4, -0.2) is 42.5 Å². The van der Waals surface area contributed by atoms with Crippen molar-refractivity contribution in [3.8, 4) is 11.5 Å². The number of esters is 2. The monoisotopic (exact) mass is 464 g/mol. The maximum absolute atomic E-state index is 12.1. The molecule has 2 aromatic rings. The molecule has 0 radical (unpaired) electrons. The van der Waals surface area contributed by atoms with Gasteiger partial charge < -0.3 is 19.5 Å². The number of rotatable bonds is 11. The van der Waals surface area contributed by atoms with Gasteiger partial charge in [0.1, 0.15) is 5.75 Å². The highest BCUT2D eigenvalue weighted by atomic mass is 35.5. The number of ether oxygens (including phenoxy) is 3. The van der Waals surface area contributed by atoms with E-state index in [9.17, 15) is 24.5 Å². The lowest BCUT2D eigenvalue weighted by atomic mass is 10.2. The van der Waals surface area contributed by atoms with Gasteiger partial charge in [-0.15, -0.1) is 0 Å². The third-order valence-corrected chi connectivity index (χ3v) is 4.19. The number of nitro benzene ring substituents is 1. The Morgan fingerprint density at radius 1 is 1.09 bits per heavy atom. The molecular weight excluding hydrogens is 444 g/mol. The summed E-state index contributed by atoms with van der Waals surface area (Å²) in [5, 5.41) is 13.9. The molecule has 2 aromatic carbocycles. The topological polar surface area (TPSA) is 134 Å². The molecular formula is C21H21ClN2O8. The number of nitrogens with one attached hydrogen (secondary N) is 1. The average molecular weight is 465 g/mol. The molecule has 0 bridgehead atoms. The maximum Gasteiger partial charge on any atom is 0.338 e. The van der Waals surface area contributed by atoms with Crippen molar-refractivity contribution in [1.82, 2.24) is 5.32 Å². The molecule has 32 heavy (non-hydrogen) atoms. The zero-order valence-electron chi connectivity index (χ0n) is 17.2. The predicted octanol–water partition coefficient (Wildman–Crippen LogP) is 3.66. The number of hydrogen-bond donors (Lipinski definition) is 1.